The quantitative estimate of drug-likeness (QED) is 0.450. The third-order valence-corrected chi connectivity index (χ3v) is 4.57. The Morgan fingerprint density at radius 3 is 2.69 bits per heavy atom. The van der Waals surface area contributed by atoms with E-state index in [9.17, 15) is 0 Å². The van der Waals surface area contributed by atoms with Crippen LogP contribution in [0.2, 0.25) is 0 Å². The molecule has 0 amide bonds. The van der Waals surface area contributed by atoms with Crippen LogP contribution in [0.4, 0.5) is 0 Å². The van der Waals surface area contributed by atoms with Gasteiger partial charge in [-0.05, 0) is 37.0 Å². The lowest BCUT2D eigenvalue weighted by atomic mass is 9.89. The van der Waals surface area contributed by atoms with Crippen LogP contribution in [-0.4, -0.2) is 18.9 Å². The fraction of sp³-hybridized carbons (Fsp3) is 0.286. The molecule has 2 aromatic carbocycles. The second-order valence-corrected chi connectivity index (χ2v) is 7.06. The molecule has 0 spiro atoms. The number of hydrogen-bond acceptors (Lipinski definition) is 3. The van der Waals surface area contributed by atoms with E-state index in [0.29, 0.717) is 13.2 Å². The minimum Gasteiger partial charge on any atom is -0.489 e. The molecule has 0 radical (unpaired) electrons. The van der Waals surface area contributed by atoms with Gasteiger partial charge in [-0.1, -0.05) is 70.8 Å². The highest BCUT2D eigenvalue weighted by atomic mass is 35.5. The second-order valence-electron chi connectivity index (χ2n) is 6.05. The van der Waals surface area contributed by atoms with Crippen molar-refractivity contribution in [2.24, 2.45) is 5.16 Å². The fourth-order valence-electron chi connectivity index (χ4n) is 3.02. The van der Waals surface area contributed by atoms with Gasteiger partial charge in [-0.3, -0.25) is 0 Å². The van der Waals surface area contributed by atoms with E-state index in [0.717, 1.165) is 42.7 Å². The van der Waals surface area contributed by atoms with Crippen LogP contribution in [0.15, 0.2) is 64.3 Å². The van der Waals surface area contributed by atoms with E-state index in [-0.39, 0.29) is 4.49 Å². The number of hydrogen-bond donors (Lipinski definition) is 0. The summed E-state index contributed by atoms with van der Waals surface area (Å²) in [5.41, 5.74) is 4.51. The van der Waals surface area contributed by atoms with Gasteiger partial charge in [-0.2, -0.15) is 0 Å². The molecule has 1 aliphatic rings. The molecule has 0 N–H and O–H groups in total. The predicted molar refractivity (Wildman–Crippen MR) is 107 cm³/mol. The summed E-state index contributed by atoms with van der Waals surface area (Å²) in [6.45, 7) is 0.914. The number of nitrogens with zero attached hydrogens (tertiary/aromatic N) is 1. The van der Waals surface area contributed by atoms with Crippen molar-refractivity contribution >= 4 is 28.9 Å². The van der Waals surface area contributed by atoms with Crippen LogP contribution in [0.25, 0.3) is 0 Å². The van der Waals surface area contributed by atoms with Gasteiger partial charge in [0, 0.05) is 17.5 Å². The molecule has 0 aliphatic heterocycles. The van der Waals surface area contributed by atoms with Gasteiger partial charge in [0.25, 0.3) is 0 Å². The molecule has 3 nitrogen and oxygen atoms in total. The van der Waals surface area contributed by atoms with Gasteiger partial charge in [-0.15, -0.1) is 0 Å². The molecule has 26 heavy (non-hydrogen) atoms. The van der Waals surface area contributed by atoms with E-state index >= 15 is 0 Å². The van der Waals surface area contributed by atoms with Gasteiger partial charge < -0.3 is 9.57 Å². The molecule has 0 atom stereocenters. The highest BCUT2D eigenvalue weighted by Crippen LogP contribution is 2.30. The van der Waals surface area contributed by atoms with E-state index < -0.39 is 0 Å². The van der Waals surface area contributed by atoms with E-state index in [2.05, 4.69) is 23.4 Å². The van der Waals surface area contributed by atoms with Crippen LogP contribution in [-0.2, 0) is 17.7 Å². The van der Waals surface area contributed by atoms with Crippen LogP contribution in [0.3, 0.4) is 0 Å². The lowest BCUT2D eigenvalue weighted by Gasteiger charge is -2.20. The smallest absolute Gasteiger partial charge is 0.123 e. The average Bonchev–Trinajstić information content (AvgIpc) is 2.66. The van der Waals surface area contributed by atoms with E-state index in [1.165, 1.54) is 11.1 Å². The zero-order valence-corrected chi connectivity index (χ0v) is 16.0. The Morgan fingerprint density at radius 2 is 1.88 bits per heavy atom. The first-order valence-electron chi connectivity index (χ1n) is 8.73. The van der Waals surface area contributed by atoms with Crippen LogP contribution in [0, 0.1) is 0 Å². The van der Waals surface area contributed by atoms with E-state index in [1.807, 2.05) is 30.3 Å². The standard InChI is InChI=1S/C21H21Cl2NO2/c22-21(23)13-14-25-20-11-5-8-17-18(20)9-4-10-19(17)24-26-15-12-16-6-2-1-3-7-16/h1-3,5-8,11,13H,4,9-10,12,14-15H2/b24-19+. The van der Waals surface area contributed by atoms with Crippen LogP contribution in [0.1, 0.15) is 29.5 Å². The number of oxime groups is 1. The summed E-state index contributed by atoms with van der Waals surface area (Å²) in [6, 6.07) is 16.3. The molecule has 5 heteroatoms. The summed E-state index contributed by atoms with van der Waals surface area (Å²) in [5, 5.41) is 4.40. The Balaban J connectivity index is 1.65. The molecule has 0 aromatic heterocycles. The van der Waals surface area contributed by atoms with Gasteiger partial charge >= 0.3 is 0 Å². The summed E-state index contributed by atoms with van der Waals surface area (Å²) in [6.07, 6.45) is 5.38. The zero-order valence-electron chi connectivity index (χ0n) is 14.5. The summed E-state index contributed by atoms with van der Waals surface area (Å²) < 4.78 is 6.02. The van der Waals surface area contributed by atoms with Crippen LogP contribution >= 0.6 is 23.2 Å². The third kappa shape index (κ3) is 5.26. The Morgan fingerprint density at radius 1 is 1.04 bits per heavy atom. The molecule has 2 aromatic rings. The summed E-state index contributed by atoms with van der Waals surface area (Å²) in [5.74, 6) is 0.852. The molecule has 0 saturated heterocycles. The van der Waals surface area contributed by atoms with Crippen LogP contribution in [0.5, 0.6) is 5.75 Å². The molecule has 0 fully saturated rings. The monoisotopic (exact) mass is 389 g/mol. The third-order valence-electron chi connectivity index (χ3n) is 4.26. The van der Waals surface area contributed by atoms with E-state index in [4.69, 9.17) is 32.8 Å². The average molecular weight is 390 g/mol. The maximum atomic E-state index is 5.81. The molecule has 136 valence electrons. The molecule has 0 saturated carbocycles. The number of ether oxygens (including phenoxy) is 1. The molecule has 1 aliphatic carbocycles. The number of benzene rings is 2. The van der Waals surface area contributed by atoms with E-state index in [1.54, 1.807) is 6.08 Å². The fourth-order valence-corrected chi connectivity index (χ4v) is 3.14. The Hall–Kier alpha value is -1.97. The lowest BCUT2D eigenvalue weighted by molar-refractivity contribution is 0.147. The van der Waals surface area contributed by atoms with Crippen molar-refractivity contribution in [3.05, 3.63) is 75.8 Å². The molecular weight excluding hydrogens is 369 g/mol. The topological polar surface area (TPSA) is 30.8 Å². The molecule has 0 heterocycles. The molecule has 0 unspecified atom stereocenters. The van der Waals surface area contributed by atoms with Gasteiger partial charge in [0.05, 0.1) is 5.71 Å². The van der Waals surface area contributed by atoms with Crippen molar-refractivity contribution in [3.63, 3.8) is 0 Å². The lowest BCUT2D eigenvalue weighted by Crippen LogP contribution is -2.14. The summed E-state index contributed by atoms with van der Waals surface area (Å²) in [4.78, 5) is 5.59. The van der Waals surface area contributed by atoms with Crippen molar-refractivity contribution in [3.8, 4) is 5.75 Å². The zero-order chi connectivity index (χ0) is 18.2. The first-order valence-corrected chi connectivity index (χ1v) is 9.48. The van der Waals surface area contributed by atoms with Gasteiger partial charge in [0.1, 0.15) is 23.5 Å². The summed E-state index contributed by atoms with van der Waals surface area (Å²) in [7, 11) is 0. The second kappa shape index (κ2) is 9.65. The Labute approximate surface area is 164 Å². The SMILES string of the molecule is ClC(Cl)=CCOc1cccc2c1CCC/C2=N\OCCc1ccccc1. The minimum absolute atomic E-state index is 0.212. The first-order chi connectivity index (χ1) is 12.7. The predicted octanol–water partition coefficient (Wildman–Crippen LogP) is 5.68. The number of rotatable bonds is 7. The van der Waals surface area contributed by atoms with Gasteiger partial charge in [0.15, 0.2) is 0 Å². The largest absolute Gasteiger partial charge is 0.489 e. The molecular formula is C21H21Cl2NO2. The summed E-state index contributed by atoms with van der Waals surface area (Å²) >= 11 is 11.3. The van der Waals surface area contributed by atoms with Crippen molar-refractivity contribution in [2.75, 3.05) is 13.2 Å². The normalized spacial score (nSPS) is 14.6. The van der Waals surface area contributed by atoms with Crippen molar-refractivity contribution in [1.82, 2.24) is 0 Å². The maximum absolute atomic E-state index is 5.81. The Kier molecular flexibility index (Phi) is 6.98. The van der Waals surface area contributed by atoms with Gasteiger partial charge in [0.2, 0.25) is 0 Å². The minimum atomic E-state index is 0.212. The van der Waals surface area contributed by atoms with Crippen LogP contribution < -0.4 is 4.74 Å². The van der Waals surface area contributed by atoms with Crippen molar-refractivity contribution < 1.29 is 9.57 Å². The molecule has 0 bridgehead atoms. The maximum Gasteiger partial charge on any atom is 0.123 e. The van der Waals surface area contributed by atoms with Crippen molar-refractivity contribution in [1.29, 1.82) is 0 Å². The Bertz CT molecular complexity index is 784. The van der Waals surface area contributed by atoms with Gasteiger partial charge in [-0.25, -0.2) is 0 Å². The number of halogens is 2. The van der Waals surface area contributed by atoms with Crippen molar-refractivity contribution in [2.45, 2.75) is 25.7 Å². The first kappa shape index (κ1) is 18.8. The highest BCUT2D eigenvalue weighted by molar-refractivity contribution is 6.55. The number of fused-ring (bicyclic) bond motifs is 1. The highest BCUT2D eigenvalue weighted by Gasteiger charge is 2.19. The molecule has 3 rings (SSSR count).